The molecule has 0 spiro atoms. The second kappa shape index (κ2) is 6.44. The van der Waals surface area contributed by atoms with Gasteiger partial charge >= 0.3 is 0 Å². The smallest absolute Gasteiger partial charge is 0.137 e. The van der Waals surface area contributed by atoms with Gasteiger partial charge in [0.1, 0.15) is 30.6 Å². The molecule has 0 amide bonds. The molecule has 0 aliphatic carbocycles. The first-order valence-corrected chi connectivity index (χ1v) is 7.59. The third-order valence-corrected chi connectivity index (χ3v) is 4.39. The maximum absolute atomic E-state index is 11.0. The number of benzene rings is 1. The van der Waals surface area contributed by atoms with Crippen LogP contribution in [0.4, 0.5) is 0 Å². The van der Waals surface area contributed by atoms with Crippen molar-refractivity contribution >= 4 is 23.2 Å². The molecule has 120 valence electrons. The summed E-state index contributed by atoms with van der Waals surface area (Å²) >= 11 is 11.9. The molecule has 22 heavy (non-hydrogen) atoms. The maximum Gasteiger partial charge on any atom is 0.137 e. The van der Waals surface area contributed by atoms with Gasteiger partial charge in [0.2, 0.25) is 0 Å². The molecule has 1 atom stereocenters. The van der Waals surface area contributed by atoms with Gasteiger partial charge in [0.05, 0.1) is 16.6 Å². The summed E-state index contributed by atoms with van der Waals surface area (Å²) < 4.78 is 7.31. The summed E-state index contributed by atoms with van der Waals surface area (Å²) in [4.78, 5) is 3.90. The van der Waals surface area contributed by atoms with Gasteiger partial charge < -0.3 is 9.84 Å². The summed E-state index contributed by atoms with van der Waals surface area (Å²) in [7, 11) is 0. The Morgan fingerprint density at radius 3 is 2.50 bits per heavy atom. The highest BCUT2D eigenvalue weighted by molar-refractivity contribution is 6.42. The fourth-order valence-electron chi connectivity index (χ4n) is 1.85. The highest BCUT2D eigenvalue weighted by atomic mass is 35.5. The van der Waals surface area contributed by atoms with Crippen LogP contribution in [0, 0.1) is 5.41 Å². The lowest BCUT2D eigenvalue weighted by atomic mass is 9.77. The molecule has 2 aromatic rings. The van der Waals surface area contributed by atoms with Gasteiger partial charge in [-0.2, -0.15) is 5.10 Å². The molecule has 0 fully saturated rings. The Morgan fingerprint density at radius 2 is 1.95 bits per heavy atom. The number of hydrogen-bond donors (Lipinski definition) is 1. The van der Waals surface area contributed by atoms with E-state index in [1.807, 2.05) is 20.8 Å². The summed E-state index contributed by atoms with van der Waals surface area (Å²) in [6.07, 6.45) is 3.00. The molecule has 1 aromatic carbocycles. The first kappa shape index (κ1) is 17.1. The molecule has 2 rings (SSSR count). The van der Waals surface area contributed by atoms with E-state index >= 15 is 0 Å². The third-order valence-electron chi connectivity index (χ3n) is 3.65. The predicted molar refractivity (Wildman–Crippen MR) is 86.4 cm³/mol. The van der Waals surface area contributed by atoms with E-state index in [9.17, 15) is 5.11 Å². The second-order valence-electron chi connectivity index (χ2n) is 6.24. The number of aromatic nitrogens is 3. The lowest BCUT2D eigenvalue weighted by Gasteiger charge is -2.39. The zero-order chi connectivity index (χ0) is 16.4. The highest BCUT2D eigenvalue weighted by Gasteiger charge is 2.41. The Morgan fingerprint density at radius 1 is 1.23 bits per heavy atom. The van der Waals surface area contributed by atoms with Crippen molar-refractivity contribution in [2.75, 3.05) is 6.61 Å². The Labute approximate surface area is 139 Å². The van der Waals surface area contributed by atoms with Crippen LogP contribution in [-0.4, -0.2) is 32.1 Å². The van der Waals surface area contributed by atoms with E-state index in [-0.39, 0.29) is 13.2 Å². The van der Waals surface area contributed by atoms with Gasteiger partial charge in [0.15, 0.2) is 0 Å². The van der Waals surface area contributed by atoms with Crippen LogP contribution >= 0.6 is 23.2 Å². The molecule has 5 nitrogen and oxygen atoms in total. The Bertz CT molecular complexity index is 626. The van der Waals surface area contributed by atoms with Crippen molar-refractivity contribution in [3.05, 3.63) is 40.9 Å². The van der Waals surface area contributed by atoms with Crippen LogP contribution in [0.3, 0.4) is 0 Å². The van der Waals surface area contributed by atoms with E-state index in [0.717, 1.165) is 0 Å². The van der Waals surface area contributed by atoms with Gasteiger partial charge in [-0.25, -0.2) is 9.67 Å². The number of halogens is 2. The average molecular weight is 344 g/mol. The molecule has 1 heterocycles. The first-order chi connectivity index (χ1) is 10.2. The molecular formula is C15H19Cl2N3O2. The molecule has 7 heteroatoms. The summed E-state index contributed by atoms with van der Waals surface area (Å²) in [6.45, 7) is 6.21. The lowest BCUT2D eigenvalue weighted by molar-refractivity contribution is -0.101. The molecule has 0 saturated heterocycles. The summed E-state index contributed by atoms with van der Waals surface area (Å²) in [5, 5.41) is 16.0. The Balaban J connectivity index is 2.14. The van der Waals surface area contributed by atoms with E-state index in [1.165, 1.54) is 6.33 Å². The molecule has 0 bridgehead atoms. The van der Waals surface area contributed by atoms with Gasteiger partial charge in [0.25, 0.3) is 0 Å². The zero-order valence-corrected chi connectivity index (χ0v) is 14.3. The van der Waals surface area contributed by atoms with Crippen LogP contribution in [0.25, 0.3) is 0 Å². The highest BCUT2D eigenvalue weighted by Crippen LogP contribution is 2.33. The number of hydrogen-bond acceptors (Lipinski definition) is 4. The maximum atomic E-state index is 11.0. The van der Waals surface area contributed by atoms with E-state index < -0.39 is 11.0 Å². The van der Waals surface area contributed by atoms with Crippen LogP contribution < -0.4 is 4.74 Å². The largest absolute Gasteiger partial charge is 0.490 e. The monoisotopic (exact) mass is 343 g/mol. The fraction of sp³-hybridized carbons (Fsp3) is 0.467. The summed E-state index contributed by atoms with van der Waals surface area (Å²) in [5.74, 6) is 0.552. The zero-order valence-electron chi connectivity index (χ0n) is 12.8. The number of ether oxygens (including phenoxy) is 1. The molecule has 0 saturated carbocycles. The predicted octanol–water partition coefficient (Wildman–Crippen LogP) is 3.44. The lowest BCUT2D eigenvalue weighted by Crippen LogP contribution is -2.51. The van der Waals surface area contributed by atoms with Gasteiger partial charge in [-0.05, 0) is 17.5 Å². The van der Waals surface area contributed by atoms with Crippen molar-refractivity contribution < 1.29 is 9.84 Å². The van der Waals surface area contributed by atoms with Crippen LogP contribution in [0.2, 0.25) is 10.0 Å². The molecule has 0 aliphatic rings. The van der Waals surface area contributed by atoms with E-state index in [2.05, 4.69) is 10.1 Å². The Kier molecular flexibility index (Phi) is 5.00. The van der Waals surface area contributed by atoms with Crippen molar-refractivity contribution in [1.29, 1.82) is 0 Å². The van der Waals surface area contributed by atoms with Gasteiger partial charge in [-0.1, -0.05) is 44.0 Å². The fourth-order valence-corrected chi connectivity index (χ4v) is 2.14. The SMILES string of the molecule is CC(C)(C)C(O)(COc1ccc(Cl)c(Cl)c1)Cn1cncn1. The summed E-state index contributed by atoms with van der Waals surface area (Å²) in [6, 6.07) is 5.00. The van der Waals surface area contributed by atoms with Crippen LogP contribution in [-0.2, 0) is 6.54 Å². The average Bonchev–Trinajstić information content (AvgIpc) is 2.91. The molecule has 0 radical (unpaired) electrons. The van der Waals surface area contributed by atoms with Crippen LogP contribution in [0.15, 0.2) is 30.9 Å². The number of rotatable bonds is 5. The molecule has 1 unspecified atom stereocenters. The van der Waals surface area contributed by atoms with Crippen molar-refractivity contribution in [3.63, 3.8) is 0 Å². The topological polar surface area (TPSA) is 60.2 Å². The second-order valence-corrected chi connectivity index (χ2v) is 7.05. The number of nitrogens with zero attached hydrogens (tertiary/aromatic N) is 3. The van der Waals surface area contributed by atoms with Crippen molar-refractivity contribution in [1.82, 2.24) is 14.8 Å². The minimum atomic E-state index is -1.13. The Hall–Kier alpha value is -1.30. The van der Waals surface area contributed by atoms with Crippen molar-refractivity contribution in [2.45, 2.75) is 32.9 Å². The van der Waals surface area contributed by atoms with Crippen LogP contribution in [0.1, 0.15) is 20.8 Å². The summed E-state index contributed by atoms with van der Waals surface area (Å²) in [5.41, 5.74) is -1.55. The molecule has 1 N–H and O–H groups in total. The van der Waals surface area contributed by atoms with Crippen molar-refractivity contribution in [3.8, 4) is 5.75 Å². The van der Waals surface area contributed by atoms with Crippen molar-refractivity contribution in [2.24, 2.45) is 5.41 Å². The van der Waals surface area contributed by atoms with E-state index in [1.54, 1.807) is 29.2 Å². The molecule has 1 aromatic heterocycles. The minimum absolute atomic E-state index is 0.0916. The van der Waals surface area contributed by atoms with Crippen LogP contribution in [0.5, 0.6) is 5.75 Å². The van der Waals surface area contributed by atoms with Gasteiger partial charge in [-0.15, -0.1) is 0 Å². The minimum Gasteiger partial charge on any atom is -0.490 e. The molecule has 0 aliphatic heterocycles. The van der Waals surface area contributed by atoms with Gasteiger partial charge in [0, 0.05) is 6.07 Å². The normalized spacial score (nSPS) is 14.6. The van der Waals surface area contributed by atoms with E-state index in [0.29, 0.717) is 15.8 Å². The first-order valence-electron chi connectivity index (χ1n) is 6.84. The van der Waals surface area contributed by atoms with Gasteiger partial charge in [-0.3, -0.25) is 0 Å². The van der Waals surface area contributed by atoms with E-state index in [4.69, 9.17) is 27.9 Å². The standard InChI is InChI=1S/C15H19Cl2N3O2/c1-14(2,3)15(21,7-20-10-18-9-19-20)8-22-11-4-5-12(16)13(17)6-11/h4-6,9-10,21H,7-8H2,1-3H3. The quantitative estimate of drug-likeness (QED) is 0.903. The third kappa shape index (κ3) is 3.91. The number of aliphatic hydroxyl groups is 1. The molecular weight excluding hydrogens is 325 g/mol.